The Labute approximate surface area is 89.8 Å². The number of nitrogens with two attached hydrogens (primary N) is 1. The Hall–Kier alpha value is -1.56. The second-order valence-electron chi connectivity index (χ2n) is 3.15. The van der Waals surface area contributed by atoms with E-state index in [4.69, 9.17) is 5.73 Å². The van der Waals surface area contributed by atoms with E-state index in [-0.39, 0.29) is 17.2 Å². The van der Waals surface area contributed by atoms with Gasteiger partial charge in [0.25, 0.3) is 5.56 Å². The molecule has 2 rings (SSSR count). The van der Waals surface area contributed by atoms with Crippen LogP contribution < -0.4 is 11.3 Å². The summed E-state index contributed by atoms with van der Waals surface area (Å²) < 4.78 is 0. The largest absolute Gasteiger partial charge is 0.383 e. The van der Waals surface area contributed by atoms with Crippen molar-refractivity contribution in [2.75, 3.05) is 5.73 Å². The number of carbonyl (C=O) groups excluding carboxylic acids is 1. The summed E-state index contributed by atoms with van der Waals surface area (Å²) in [4.78, 5) is 29.5. The highest BCUT2D eigenvalue weighted by atomic mass is 32.2. The van der Waals surface area contributed by atoms with E-state index in [1.54, 1.807) is 6.08 Å². The van der Waals surface area contributed by atoms with E-state index in [1.165, 1.54) is 17.8 Å². The zero-order valence-corrected chi connectivity index (χ0v) is 8.63. The lowest BCUT2D eigenvalue weighted by atomic mass is 10.3. The maximum Gasteiger partial charge on any atom is 0.253 e. The number of H-pyrrole nitrogens is 1. The molecule has 1 aliphatic carbocycles. The van der Waals surface area contributed by atoms with Gasteiger partial charge in [0.15, 0.2) is 10.9 Å². The zero-order valence-electron chi connectivity index (χ0n) is 7.82. The number of nitrogens with zero attached hydrogens (tertiary/aromatic N) is 1. The summed E-state index contributed by atoms with van der Waals surface area (Å²) in [6.07, 6.45) is 2.82. The quantitative estimate of drug-likeness (QED) is 0.720. The van der Waals surface area contributed by atoms with Crippen LogP contribution in [0.2, 0.25) is 0 Å². The van der Waals surface area contributed by atoms with Crippen LogP contribution in [0, 0.1) is 0 Å². The van der Waals surface area contributed by atoms with Crippen molar-refractivity contribution < 1.29 is 4.79 Å². The molecule has 0 aromatic carbocycles. The van der Waals surface area contributed by atoms with Crippen molar-refractivity contribution in [3.05, 3.63) is 27.4 Å². The highest BCUT2D eigenvalue weighted by Gasteiger charge is 2.14. The number of nitrogens with one attached hydrogen (secondary N) is 1. The second kappa shape index (κ2) is 3.90. The third kappa shape index (κ3) is 2.47. The molecular formula is C9H9N3O2S. The molecule has 1 heterocycles. The predicted octanol–water partition coefficient (Wildman–Crippen LogP) is 0.691. The molecule has 1 aliphatic rings. The minimum Gasteiger partial charge on any atom is -0.383 e. The van der Waals surface area contributed by atoms with Crippen molar-refractivity contribution in [2.24, 2.45) is 0 Å². The number of ketones is 1. The Balaban J connectivity index is 2.21. The molecule has 15 heavy (non-hydrogen) atoms. The molecule has 1 aromatic heterocycles. The van der Waals surface area contributed by atoms with Gasteiger partial charge in [-0.2, -0.15) is 0 Å². The number of anilines is 1. The Morgan fingerprint density at radius 1 is 1.40 bits per heavy atom. The predicted molar refractivity (Wildman–Crippen MR) is 57.5 cm³/mol. The Morgan fingerprint density at radius 3 is 2.80 bits per heavy atom. The number of aromatic amines is 1. The lowest BCUT2D eigenvalue weighted by Crippen LogP contribution is -2.09. The van der Waals surface area contributed by atoms with E-state index in [9.17, 15) is 9.59 Å². The topological polar surface area (TPSA) is 88.8 Å². The van der Waals surface area contributed by atoms with Crippen molar-refractivity contribution in [3.8, 4) is 0 Å². The molecule has 1 aromatic rings. The molecule has 0 radical (unpaired) electrons. The number of thioether (sulfide) groups is 1. The fraction of sp³-hybridized carbons (Fsp3) is 0.222. The minimum absolute atomic E-state index is 0.115. The Bertz CT molecular complexity index is 492. The van der Waals surface area contributed by atoms with E-state index in [0.29, 0.717) is 18.0 Å². The average Bonchev–Trinajstić information content (AvgIpc) is 2.49. The van der Waals surface area contributed by atoms with Crippen LogP contribution in [0.1, 0.15) is 12.8 Å². The minimum atomic E-state index is -0.282. The van der Waals surface area contributed by atoms with E-state index in [1.807, 2.05) is 0 Å². The molecule has 0 unspecified atom stereocenters. The Kier molecular flexibility index (Phi) is 2.59. The van der Waals surface area contributed by atoms with Crippen molar-refractivity contribution in [2.45, 2.75) is 18.0 Å². The highest BCUT2D eigenvalue weighted by Crippen LogP contribution is 2.30. The molecule has 0 bridgehead atoms. The first-order valence-corrected chi connectivity index (χ1v) is 5.23. The molecule has 0 spiro atoms. The molecule has 78 valence electrons. The number of nitrogen functional groups attached to an aromatic ring is 1. The summed E-state index contributed by atoms with van der Waals surface area (Å²) in [5, 5.41) is 0.431. The molecule has 0 fully saturated rings. The molecule has 0 saturated carbocycles. The van der Waals surface area contributed by atoms with Crippen LogP contribution in [0.5, 0.6) is 0 Å². The van der Waals surface area contributed by atoms with E-state index < -0.39 is 0 Å². The average molecular weight is 223 g/mol. The molecule has 0 amide bonds. The van der Waals surface area contributed by atoms with Crippen LogP contribution in [-0.2, 0) is 4.79 Å². The first kappa shape index (κ1) is 9.97. The first-order chi connectivity index (χ1) is 7.13. The smallest absolute Gasteiger partial charge is 0.253 e. The number of rotatable bonds is 2. The van der Waals surface area contributed by atoms with Gasteiger partial charge in [-0.15, -0.1) is 0 Å². The number of hydrogen-bond acceptors (Lipinski definition) is 5. The lowest BCUT2D eigenvalue weighted by molar-refractivity contribution is -0.114. The fourth-order valence-corrected chi connectivity index (χ4v) is 2.22. The fourth-order valence-electron chi connectivity index (χ4n) is 1.28. The third-order valence-corrected chi connectivity index (χ3v) is 2.88. The monoisotopic (exact) mass is 223 g/mol. The van der Waals surface area contributed by atoms with Crippen molar-refractivity contribution in [1.29, 1.82) is 0 Å². The van der Waals surface area contributed by atoms with Crippen molar-refractivity contribution in [3.63, 3.8) is 0 Å². The van der Waals surface area contributed by atoms with Gasteiger partial charge in [-0.05, 0) is 17.4 Å². The van der Waals surface area contributed by atoms with Crippen molar-refractivity contribution in [1.82, 2.24) is 9.97 Å². The van der Waals surface area contributed by atoms with Gasteiger partial charge in [0, 0.05) is 12.5 Å². The first-order valence-electron chi connectivity index (χ1n) is 4.41. The van der Waals surface area contributed by atoms with Gasteiger partial charge in [0.05, 0.1) is 0 Å². The Morgan fingerprint density at radius 2 is 2.20 bits per heavy atom. The molecule has 3 N–H and O–H groups in total. The van der Waals surface area contributed by atoms with Gasteiger partial charge in [-0.25, -0.2) is 4.98 Å². The van der Waals surface area contributed by atoms with Crippen molar-refractivity contribution >= 4 is 23.4 Å². The third-order valence-electron chi connectivity index (χ3n) is 1.91. The summed E-state index contributed by atoms with van der Waals surface area (Å²) in [5.74, 6) is 0.301. The van der Waals surface area contributed by atoms with Crippen LogP contribution >= 0.6 is 11.8 Å². The second-order valence-corrected chi connectivity index (χ2v) is 4.27. The normalized spacial score (nSPS) is 15.5. The molecule has 5 nitrogen and oxygen atoms in total. The number of aromatic nitrogens is 2. The van der Waals surface area contributed by atoms with Crippen LogP contribution in [0.15, 0.2) is 27.0 Å². The molecular weight excluding hydrogens is 214 g/mol. The summed E-state index contributed by atoms with van der Waals surface area (Å²) in [7, 11) is 0. The van der Waals surface area contributed by atoms with Crippen LogP contribution in [0.3, 0.4) is 0 Å². The molecule has 6 heteroatoms. The number of hydrogen-bond donors (Lipinski definition) is 2. The van der Waals surface area contributed by atoms with Gasteiger partial charge in [0.2, 0.25) is 0 Å². The molecule has 0 saturated heterocycles. The van der Waals surface area contributed by atoms with Crippen LogP contribution in [0.4, 0.5) is 5.82 Å². The van der Waals surface area contributed by atoms with Gasteiger partial charge in [-0.3, -0.25) is 9.59 Å². The number of carbonyl (C=O) groups is 1. The summed E-state index contributed by atoms with van der Waals surface area (Å²) in [6, 6.07) is 1.22. The maximum absolute atomic E-state index is 11.1. The van der Waals surface area contributed by atoms with E-state index >= 15 is 0 Å². The summed E-state index contributed by atoms with van der Waals surface area (Å²) in [6.45, 7) is 0. The summed E-state index contributed by atoms with van der Waals surface area (Å²) >= 11 is 1.28. The highest BCUT2D eigenvalue weighted by molar-refractivity contribution is 8.03. The standard InChI is InChI=1S/C9H9N3O2S/c10-7-4-8(14)12-9(11-7)15-6-2-1-5(13)3-6/h3-4H,1-2H2,(H3,10,11,12,14). The van der Waals surface area contributed by atoms with Crippen LogP contribution in [0.25, 0.3) is 0 Å². The van der Waals surface area contributed by atoms with E-state index in [0.717, 1.165) is 4.91 Å². The summed E-state index contributed by atoms with van der Waals surface area (Å²) in [5.41, 5.74) is 5.15. The zero-order chi connectivity index (χ0) is 10.8. The number of allylic oxidation sites excluding steroid dienone is 2. The maximum atomic E-state index is 11.1. The van der Waals surface area contributed by atoms with Gasteiger partial charge < -0.3 is 10.7 Å². The molecule has 0 atom stereocenters. The van der Waals surface area contributed by atoms with Gasteiger partial charge >= 0.3 is 0 Å². The molecule has 0 aliphatic heterocycles. The van der Waals surface area contributed by atoms with Crippen LogP contribution in [-0.4, -0.2) is 15.8 Å². The van der Waals surface area contributed by atoms with E-state index in [2.05, 4.69) is 9.97 Å². The lowest BCUT2D eigenvalue weighted by Gasteiger charge is -2.00. The van der Waals surface area contributed by atoms with Gasteiger partial charge in [-0.1, -0.05) is 11.8 Å². The van der Waals surface area contributed by atoms with Gasteiger partial charge in [0.1, 0.15) is 5.82 Å². The SMILES string of the molecule is Nc1cc(=O)[nH]c(SC2=CC(=O)CC2)n1.